The van der Waals surface area contributed by atoms with Gasteiger partial charge in [-0.1, -0.05) is 6.08 Å². The number of nitrogens with one attached hydrogen (secondary N) is 2. The molecule has 3 fully saturated rings. The molecule has 5 rings (SSSR count). The monoisotopic (exact) mass is 708 g/mol. The SMILES string of the molecule is C=C[C@H]1C[C@]1(NC(=O)[C@@H]1C[C@@H](Oc2cc(OCC)nc3c(Br)c(OC)ccc23)CN1C(=O)OC(C)C)C(=O)NS(=O)(=O)C1CC1. The maximum atomic E-state index is 13.8. The summed E-state index contributed by atoms with van der Waals surface area (Å²) in [4.78, 5) is 46.1. The number of pyridine rings is 1. The molecule has 0 spiro atoms. The van der Waals surface area contributed by atoms with Gasteiger partial charge in [0, 0.05) is 23.8 Å². The van der Waals surface area contributed by atoms with Crippen molar-refractivity contribution in [3.63, 3.8) is 0 Å². The van der Waals surface area contributed by atoms with Crippen LogP contribution >= 0.6 is 15.9 Å². The average Bonchev–Trinajstić information content (AvgIpc) is 3.90. The molecule has 2 heterocycles. The Hall–Kier alpha value is -3.59. The normalized spacial score (nSPS) is 24.2. The van der Waals surface area contributed by atoms with E-state index in [9.17, 15) is 22.8 Å². The van der Waals surface area contributed by atoms with Crippen molar-refractivity contribution in [1.29, 1.82) is 0 Å². The second-order valence-corrected chi connectivity index (χ2v) is 14.4. The maximum absolute atomic E-state index is 13.8. The molecular weight excluding hydrogens is 672 g/mol. The Morgan fingerprint density at radius 2 is 1.98 bits per heavy atom. The summed E-state index contributed by atoms with van der Waals surface area (Å²) in [6.45, 7) is 9.33. The van der Waals surface area contributed by atoms with E-state index in [0.29, 0.717) is 52.2 Å². The number of benzene rings is 1. The lowest BCUT2D eigenvalue weighted by Gasteiger charge is -2.26. The van der Waals surface area contributed by atoms with Gasteiger partial charge in [0.15, 0.2) is 0 Å². The van der Waals surface area contributed by atoms with Gasteiger partial charge in [0.1, 0.15) is 29.2 Å². The van der Waals surface area contributed by atoms with Gasteiger partial charge >= 0.3 is 6.09 Å². The van der Waals surface area contributed by atoms with Crippen LogP contribution in [-0.4, -0.2) is 85.5 Å². The van der Waals surface area contributed by atoms with Crippen molar-refractivity contribution in [3.05, 3.63) is 35.3 Å². The molecule has 1 aromatic carbocycles. The van der Waals surface area contributed by atoms with Crippen molar-refractivity contribution in [2.75, 3.05) is 20.3 Å². The molecule has 3 aliphatic rings. The molecule has 45 heavy (non-hydrogen) atoms. The number of fused-ring (bicyclic) bond motifs is 1. The van der Waals surface area contributed by atoms with Crippen LogP contribution in [0.1, 0.15) is 46.5 Å². The number of ether oxygens (including phenoxy) is 4. The fourth-order valence-corrected chi connectivity index (χ4v) is 7.42. The number of hydrogen-bond donors (Lipinski definition) is 2. The number of carbonyl (C=O) groups excluding carboxylic acids is 3. The quantitative estimate of drug-likeness (QED) is 0.313. The number of amides is 3. The van der Waals surface area contributed by atoms with E-state index in [4.69, 9.17) is 18.9 Å². The first-order chi connectivity index (χ1) is 21.3. The first-order valence-corrected chi connectivity index (χ1v) is 17.1. The van der Waals surface area contributed by atoms with Crippen LogP contribution in [0.25, 0.3) is 10.9 Å². The van der Waals surface area contributed by atoms with Crippen LogP contribution in [0.15, 0.2) is 35.3 Å². The van der Waals surface area contributed by atoms with Gasteiger partial charge < -0.3 is 24.3 Å². The van der Waals surface area contributed by atoms with E-state index in [2.05, 4.69) is 37.5 Å². The van der Waals surface area contributed by atoms with Gasteiger partial charge in [0.25, 0.3) is 5.91 Å². The maximum Gasteiger partial charge on any atom is 0.410 e. The number of likely N-dealkylation sites (tertiary alicyclic amines) is 1. The van der Waals surface area contributed by atoms with Crippen molar-refractivity contribution >= 4 is 54.8 Å². The molecule has 0 unspecified atom stereocenters. The number of halogens is 1. The minimum absolute atomic E-state index is 0.00882. The number of hydrogen-bond acceptors (Lipinski definition) is 10. The van der Waals surface area contributed by atoms with Crippen molar-refractivity contribution < 1.29 is 41.7 Å². The lowest BCUT2D eigenvalue weighted by molar-refractivity contribution is -0.131. The van der Waals surface area contributed by atoms with Crippen LogP contribution in [-0.2, 0) is 24.3 Å². The Kier molecular flexibility index (Phi) is 9.23. The molecule has 2 N–H and O–H groups in total. The lowest BCUT2D eigenvalue weighted by Crippen LogP contribution is -2.56. The van der Waals surface area contributed by atoms with Crippen LogP contribution in [0.2, 0.25) is 0 Å². The summed E-state index contributed by atoms with van der Waals surface area (Å²) in [6, 6.07) is 4.14. The average molecular weight is 710 g/mol. The highest BCUT2D eigenvalue weighted by molar-refractivity contribution is 9.10. The van der Waals surface area contributed by atoms with Crippen molar-refractivity contribution in [2.45, 2.75) is 75.5 Å². The summed E-state index contributed by atoms with van der Waals surface area (Å²) >= 11 is 3.54. The van der Waals surface area contributed by atoms with E-state index < -0.39 is 62.9 Å². The van der Waals surface area contributed by atoms with Crippen molar-refractivity contribution in [2.24, 2.45) is 5.92 Å². The number of rotatable bonds is 12. The molecule has 2 saturated carbocycles. The summed E-state index contributed by atoms with van der Waals surface area (Å²) in [6.07, 6.45) is 0.885. The standard InChI is InChI=1S/C30H37BrN4O9S/c1-6-17-14-30(17,28(37)34-45(39,40)19-8-9-19)33-27(36)21-12-18(15-35(21)29(38)43-16(3)4)44-23-13-24(42-7-2)32-26-20(23)10-11-22(41-5)25(26)31/h6,10-11,13,16-19,21H,1,7-9,12,14-15H2,2-5H3,(H,33,36)(H,34,37)/t17-,18+,21-,30+/m0/s1. The number of methoxy groups -OCH3 is 1. The third-order valence-corrected chi connectivity index (χ3v) is 10.6. The highest BCUT2D eigenvalue weighted by Crippen LogP contribution is 2.46. The first-order valence-electron chi connectivity index (χ1n) is 14.8. The van der Waals surface area contributed by atoms with Crippen LogP contribution in [0.3, 0.4) is 0 Å². The Balaban J connectivity index is 1.41. The molecule has 244 valence electrons. The lowest BCUT2D eigenvalue weighted by atomic mass is 10.1. The zero-order valence-electron chi connectivity index (χ0n) is 25.5. The fraction of sp³-hybridized carbons (Fsp3) is 0.533. The predicted molar refractivity (Wildman–Crippen MR) is 168 cm³/mol. The molecule has 2 aromatic rings. The van der Waals surface area contributed by atoms with Gasteiger partial charge in [0.2, 0.25) is 21.8 Å². The summed E-state index contributed by atoms with van der Waals surface area (Å²) in [5.41, 5.74) is -0.955. The van der Waals surface area contributed by atoms with E-state index >= 15 is 0 Å². The van der Waals surface area contributed by atoms with Gasteiger partial charge in [-0.05, 0) is 68.1 Å². The summed E-state index contributed by atoms with van der Waals surface area (Å²) in [7, 11) is -2.30. The molecular formula is C30H37BrN4O9S. The topological polar surface area (TPSA) is 162 Å². The third-order valence-electron chi connectivity index (χ3n) is 8.01. The minimum atomic E-state index is -3.85. The molecule has 15 heteroatoms. The van der Waals surface area contributed by atoms with Gasteiger partial charge in [-0.2, -0.15) is 0 Å². The molecule has 13 nitrogen and oxygen atoms in total. The second-order valence-electron chi connectivity index (χ2n) is 11.6. The molecule has 0 radical (unpaired) electrons. The van der Waals surface area contributed by atoms with Crippen molar-refractivity contribution in [1.82, 2.24) is 19.9 Å². The van der Waals surface area contributed by atoms with E-state index in [1.165, 1.54) is 11.0 Å². The minimum Gasteiger partial charge on any atom is -0.495 e. The van der Waals surface area contributed by atoms with Crippen LogP contribution in [0, 0.1) is 5.92 Å². The summed E-state index contributed by atoms with van der Waals surface area (Å²) in [5, 5.41) is 2.78. The zero-order valence-corrected chi connectivity index (χ0v) is 27.9. The number of nitrogens with zero attached hydrogens (tertiary/aromatic N) is 2. The molecule has 1 aliphatic heterocycles. The highest BCUT2D eigenvalue weighted by atomic mass is 79.9. The third kappa shape index (κ3) is 6.69. The van der Waals surface area contributed by atoms with Crippen LogP contribution in [0.4, 0.5) is 4.79 Å². The summed E-state index contributed by atoms with van der Waals surface area (Å²) in [5.74, 6) is -0.623. The van der Waals surface area contributed by atoms with Crippen LogP contribution in [0.5, 0.6) is 17.4 Å². The summed E-state index contributed by atoms with van der Waals surface area (Å²) < 4.78 is 50.7. The van der Waals surface area contributed by atoms with Crippen molar-refractivity contribution in [3.8, 4) is 17.4 Å². The number of carbonyl (C=O) groups is 3. The second kappa shape index (κ2) is 12.7. The predicted octanol–water partition coefficient (Wildman–Crippen LogP) is 3.44. The largest absolute Gasteiger partial charge is 0.495 e. The molecule has 0 bridgehead atoms. The van der Waals surface area contributed by atoms with Gasteiger partial charge in [-0.15, -0.1) is 6.58 Å². The smallest absolute Gasteiger partial charge is 0.410 e. The molecule has 1 saturated heterocycles. The van der Waals surface area contributed by atoms with Gasteiger partial charge in [-0.25, -0.2) is 18.2 Å². The molecule has 1 aromatic heterocycles. The fourth-order valence-electron chi connectivity index (χ4n) is 5.46. The van der Waals surface area contributed by atoms with E-state index in [1.807, 2.05) is 6.92 Å². The zero-order chi connectivity index (χ0) is 32.7. The number of sulfonamides is 1. The highest BCUT2D eigenvalue weighted by Gasteiger charge is 2.62. The molecule has 4 atom stereocenters. The Morgan fingerprint density at radius 1 is 1.24 bits per heavy atom. The van der Waals surface area contributed by atoms with E-state index in [0.717, 1.165) is 0 Å². The van der Waals surface area contributed by atoms with E-state index in [-0.39, 0.29) is 19.4 Å². The Labute approximate surface area is 270 Å². The molecule has 3 amide bonds. The number of aromatic nitrogens is 1. The van der Waals surface area contributed by atoms with E-state index in [1.54, 1.807) is 39.2 Å². The Morgan fingerprint density at radius 3 is 2.58 bits per heavy atom. The van der Waals surface area contributed by atoms with Gasteiger partial charge in [-0.3, -0.25) is 19.2 Å². The first kappa shape index (κ1) is 32.8. The van der Waals surface area contributed by atoms with Gasteiger partial charge in [0.05, 0.1) is 41.6 Å². The van der Waals surface area contributed by atoms with Crippen LogP contribution < -0.4 is 24.2 Å². The Bertz CT molecular complexity index is 1630. The molecule has 2 aliphatic carbocycles.